The van der Waals surface area contributed by atoms with Crippen LogP contribution in [-0.2, 0) is 4.79 Å². The molecule has 0 saturated heterocycles. The van der Waals surface area contributed by atoms with E-state index in [1.165, 1.54) is 4.88 Å². The van der Waals surface area contributed by atoms with Gasteiger partial charge in [0.25, 0.3) is 0 Å². The second kappa shape index (κ2) is 5.12. The van der Waals surface area contributed by atoms with E-state index < -0.39 is 0 Å². The Labute approximate surface area is 88.3 Å². The summed E-state index contributed by atoms with van der Waals surface area (Å²) in [7, 11) is 0. The molecule has 1 atom stereocenters. The molecule has 4 heteroatoms. The van der Waals surface area contributed by atoms with E-state index in [0.29, 0.717) is 5.92 Å². The zero-order chi connectivity index (χ0) is 10.6. The van der Waals surface area contributed by atoms with Crippen molar-refractivity contribution in [2.75, 3.05) is 6.54 Å². The highest BCUT2D eigenvalue weighted by molar-refractivity contribution is 7.10. The molecule has 3 nitrogen and oxygen atoms in total. The molecule has 14 heavy (non-hydrogen) atoms. The summed E-state index contributed by atoms with van der Waals surface area (Å²) in [4.78, 5) is 11.9. The third-order valence-electron chi connectivity index (χ3n) is 2.01. The molecule has 0 radical (unpaired) electrons. The molecule has 1 unspecified atom stereocenters. The van der Waals surface area contributed by atoms with Gasteiger partial charge in [-0.05, 0) is 17.4 Å². The topological polar surface area (TPSA) is 55.1 Å². The Hall–Kier alpha value is -0.870. The van der Waals surface area contributed by atoms with Gasteiger partial charge in [-0.1, -0.05) is 19.9 Å². The van der Waals surface area contributed by atoms with E-state index in [2.05, 4.69) is 25.2 Å². The second-order valence-corrected chi connectivity index (χ2v) is 4.56. The zero-order valence-corrected chi connectivity index (χ0v) is 9.30. The molecule has 0 fully saturated rings. The van der Waals surface area contributed by atoms with E-state index in [1.807, 2.05) is 11.4 Å². The fourth-order valence-corrected chi connectivity index (χ4v) is 2.32. The molecule has 78 valence electrons. The van der Waals surface area contributed by atoms with Crippen LogP contribution in [0.15, 0.2) is 17.5 Å². The van der Waals surface area contributed by atoms with Crippen LogP contribution in [0.25, 0.3) is 0 Å². The van der Waals surface area contributed by atoms with Crippen LogP contribution in [0.2, 0.25) is 0 Å². The SMILES string of the molecule is CC(C)C(NCC(N)=O)c1cccs1. The average molecular weight is 212 g/mol. The predicted octanol–water partition coefficient (Wildman–Crippen LogP) is 1.52. The van der Waals surface area contributed by atoms with Crippen LogP contribution in [0.3, 0.4) is 0 Å². The zero-order valence-electron chi connectivity index (χ0n) is 8.49. The van der Waals surface area contributed by atoms with Crippen LogP contribution < -0.4 is 11.1 Å². The molecule has 1 heterocycles. The Morgan fingerprint density at radius 1 is 1.64 bits per heavy atom. The largest absolute Gasteiger partial charge is 0.369 e. The molecular weight excluding hydrogens is 196 g/mol. The molecule has 0 saturated carbocycles. The number of carbonyl (C=O) groups excluding carboxylic acids is 1. The molecular formula is C10H16N2OS. The maximum Gasteiger partial charge on any atom is 0.231 e. The van der Waals surface area contributed by atoms with Gasteiger partial charge in [0.2, 0.25) is 5.91 Å². The lowest BCUT2D eigenvalue weighted by Crippen LogP contribution is -2.33. The summed E-state index contributed by atoms with van der Waals surface area (Å²) in [6.07, 6.45) is 0. The Morgan fingerprint density at radius 3 is 2.79 bits per heavy atom. The molecule has 1 aromatic heterocycles. The Balaban J connectivity index is 2.61. The summed E-state index contributed by atoms with van der Waals surface area (Å²) < 4.78 is 0. The number of rotatable bonds is 5. The highest BCUT2D eigenvalue weighted by atomic mass is 32.1. The van der Waals surface area contributed by atoms with Crippen molar-refractivity contribution in [2.24, 2.45) is 11.7 Å². The van der Waals surface area contributed by atoms with Crippen LogP contribution in [0.4, 0.5) is 0 Å². The highest BCUT2D eigenvalue weighted by Gasteiger charge is 2.16. The van der Waals surface area contributed by atoms with Gasteiger partial charge in [-0.3, -0.25) is 4.79 Å². The lowest BCUT2D eigenvalue weighted by molar-refractivity contribution is -0.117. The number of amides is 1. The van der Waals surface area contributed by atoms with Crippen LogP contribution >= 0.6 is 11.3 Å². The van der Waals surface area contributed by atoms with E-state index in [1.54, 1.807) is 11.3 Å². The van der Waals surface area contributed by atoms with Gasteiger partial charge in [0.05, 0.1) is 6.54 Å². The van der Waals surface area contributed by atoms with Gasteiger partial charge in [0.1, 0.15) is 0 Å². The number of thiophene rings is 1. The van der Waals surface area contributed by atoms with Crippen molar-refractivity contribution in [3.05, 3.63) is 22.4 Å². The minimum atomic E-state index is -0.313. The fourth-order valence-electron chi connectivity index (χ4n) is 1.34. The van der Waals surface area contributed by atoms with Crippen molar-refractivity contribution in [3.63, 3.8) is 0 Å². The van der Waals surface area contributed by atoms with Gasteiger partial charge < -0.3 is 11.1 Å². The van der Waals surface area contributed by atoms with Gasteiger partial charge in [-0.25, -0.2) is 0 Å². The lowest BCUT2D eigenvalue weighted by atomic mass is 10.0. The number of nitrogens with two attached hydrogens (primary N) is 1. The van der Waals surface area contributed by atoms with Crippen molar-refractivity contribution in [1.82, 2.24) is 5.32 Å². The van der Waals surface area contributed by atoms with Crippen LogP contribution in [0.5, 0.6) is 0 Å². The average Bonchev–Trinajstić information content (AvgIpc) is 2.56. The summed E-state index contributed by atoms with van der Waals surface area (Å²) in [5.74, 6) is 0.139. The predicted molar refractivity (Wildman–Crippen MR) is 59.1 cm³/mol. The van der Waals surface area contributed by atoms with E-state index >= 15 is 0 Å². The molecule has 1 aromatic rings. The third kappa shape index (κ3) is 3.12. The molecule has 0 bridgehead atoms. The first-order valence-electron chi connectivity index (χ1n) is 4.66. The molecule has 3 N–H and O–H groups in total. The molecule has 1 amide bonds. The second-order valence-electron chi connectivity index (χ2n) is 3.58. The van der Waals surface area contributed by atoms with Gasteiger partial charge in [0, 0.05) is 10.9 Å². The van der Waals surface area contributed by atoms with E-state index in [0.717, 1.165) is 0 Å². The van der Waals surface area contributed by atoms with Crippen LogP contribution in [0, 0.1) is 5.92 Å². The Bertz CT molecular complexity index is 282. The van der Waals surface area contributed by atoms with E-state index in [4.69, 9.17) is 5.73 Å². The summed E-state index contributed by atoms with van der Waals surface area (Å²) in [6, 6.07) is 4.31. The van der Waals surface area contributed by atoms with Crippen molar-refractivity contribution in [3.8, 4) is 0 Å². The number of nitrogens with one attached hydrogen (secondary N) is 1. The van der Waals surface area contributed by atoms with Gasteiger partial charge in [0.15, 0.2) is 0 Å². The van der Waals surface area contributed by atoms with Gasteiger partial charge >= 0.3 is 0 Å². The van der Waals surface area contributed by atoms with Crippen molar-refractivity contribution in [2.45, 2.75) is 19.9 Å². The maximum absolute atomic E-state index is 10.7. The van der Waals surface area contributed by atoms with Crippen molar-refractivity contribution < 1.29 is 4.79 Å². The molecule has 0 spiro atoms. The molecule has 1 rings (SSSR count). The molecule has 0 aliphatic carbocycles. The standard InChI is InChI=1S/C10H16N2OS/c1-7(2)10(12-6-9(11)13)8-4-3-5-14-8/h3-5,7,10,12H,6H2,1-2H3,(H2,11,13). The molecule has 0 aromatic carbocycles. The number of hydrogen-bond donors (Lipinski definition) is 2. The first kappa shape index (κ1) is 11.2. The van der Waals surface area contributed by atoms with Gasteiger partial charge in [-0.2, -0.15) is 0 Å². The minimum Gasteiger partial charge on any atom is -0.369 e. The Kier molecular flexibility index (Phi) is 4.10. The first-order chi connectivity index (χ1) is 6.61. The highest BCUT2D eigenvalue weighted by Crippen LogP contribution is 2.25. The summed E-state index contributed by atoms with van der Waals surface area (Å²) >= 11 is 1.70. The lowest BCUT2D eigenvalue weighted by Gasteiger charge is -2.20. The Morgan fingerprint density at radius 2 is 2.36 bits per heavy atom. The number of primary amides is 1. The molecule has 0 aliphatic rings. The van der Waals surface area contributed by atoms with Crippen LogP contribution in [-0.4, -0.2) is 12.5 Å². The maximum atomic E-state index is 10.7. The monoisotopic (exact) mass is 212 g/mol. The fraction of sp³-hybridized carbons (Fsp3) is 0.500. The van der Waals surface area contributed by atoms with E-state index in [9.17, 15) is 4.79 Å². The summed E-state index contributed by atoms with van der Waals surface area (Å²) in [5, 5.41) is 5.20. The molecule has 0 aliphatic heterocycles. The number of hydrogen-bond acceptors (Lipinski definition) is 3. The van der Waals surface area contributed by atoms with Gasteiger partial charge in [-0.15, -0.1) is 11.3 Å². The van der Waals surface area contributed by atoms with Crippen LogP contribution in [0.1, 0.15) is 24.8 Å². The normalized spacial score (nSPS) is 13.1. The van der Waals surface area contributed by atoms with Crippen molar-refractivity contribution >= 4 is 17.2 Å². The van der Waals surface area contributed by atoms with E-state index in [-0.39, 0.29) is 18.5 Å². The summed E-state index contributed by atoms with van der Waals surface area (Å²) in [6.45, 7) is 4.48. The smallest absolute Gasteiger partial charge is 0.231 e. The van der Waals surface area contributed by atoms with Crippen molar-refractivity contribution in [1.29, 1.82) is 0 Å². The quantitative estimate of drug-likeness (QED) is 0.777. The minimum absolute atomic E-state index is 0.225. The first-order valence-corrected chi connectivity index (χ1v) is 5.54. The third-order valence-corrected chi connectivity index (χ3v) is 2.97. The summed E-state index contributed by atoms with van der Waals surface area (Å²) in [5.41, 5.74) is 5.10. The number of carbonyl (C=O) groups is 1.